The molecule has 0 unspecified atom stereocenters. The summed E-state index contributed by atoms with van der Waals surface area (Å²) in [6, 6.07) is 16.4. The molecule has 3 rings (SSSR count). The molecule has 0 spiro atoms. The Morgan fingerprint density at radius 1 is 1.04 bits per heavy atom. The molecule has 0 amide bonds. The molecule has 3 aromatic carbocycles. The van der Waals surface area contributed by atoms with Gasteiger partial charge in [-0.05, 0) is 52.1 Å². The predicted octanol–water partition coefficient (Wildman–Crippen LogP) is 4.66. The van der Waals surface area contributed by atoms with Gasteiger partial charge in [0.25, 0.3) is 0 Å². The molecule has 0 N–H and O–H groups in total. The van der Waals surface area contributed by atoms with Gasteiger partial charge in [-0.3, -0.25) is 0 Å². The van der Waals surface area contributed by atoms with Gasteiger partial charge in [0.2, 0.25) is 0 Å². The highest BCUT2D eigenvalue weighted by Crippen LogP contribution is 2.29. The van der Waals surface area contributed by atoms with Crippen molar-refractivity contribution in [1.29, 1.82) is 0 Å². The third-order valence-electron chi connectivity index (χ3n) is 4.07. The smallest absolute Gasteiger partial charge is 0.335 e. The van der Waals surface area contributed by atoms with Crippen LogP contribution in [0.4, 0.5) is 0 Å². The molecule has 122 valence electrons. The van der Waals surface area contributed by atoms with E-state index in [-0.39, 0.29) is 0 Å². The number of carbonyl (C=O) groups excluding carboxylic acids is 1. The third kappa shape index (κ3) is 3.47. The summed E-state index contributed by atoms with van der Waals surface area (Å²) in [7, 11) is 1.73. The van der Waals surface area contributed by atoms with Gasteiger partial charge in [-0.1, -0.05) is 43.0 Å². The lowest BCUT2D eigenvalue weighted by Crippen LogP contribution is -2.02. The lowest BCUT2D eigenvalue weighted by molar-refractivity contribution is -0.128. The van der Waals surface area contributed by atoms with Crippen LogP contribution in [-0.4, -0.2) is 19.7 Å². The predicted molar refractivity (Wildman–Crippen MR) is 97.5 cm³/mol. The van der Waals surface area contributed by atoms with Gasteiger partial charge in [0.05, 0.1) is 0 Å². The molecule has 0 aliphatic carbocycles. The van der Waals surface area contributed by atoms with Crippen LogP contribution >= 0.6 is 0 Å². The minimum absolute atomic E-state index is 0.448. The summed E-state index contributed by atoms with van der Waals surface area (Å²) >= 11 is 0. The maximum Gasteiger partial charge on any atom is 0.335 e. The number of carbonyl (C=O) groups is 1. The van der Waals surface area contributed by atoms with Crippen molar-refractivity contribution in [1.82, 2.24) is 0 Å². The molecular formula is C21H20O3. The summed E-state index contributed by atoms with van der Waals surface area (Å²) in [6.07, 6.45) is 3.20. The van der Waals surface area contributed by atoms with Gasteiger partial charge in [-0.15, -0.1) is 0 Å². The Labute approximate surface area is 141 Å². The number of ether oxygens (including phenoxy) is 2. The second-order valence-corrected chi connectivity index (χ2v) is 5.73. The molecule has 0 saturated carbocycles. The number of rotatable bonds is 6. The Kier molecular flexibility index (Phi) is 4.92. The molecule has 0 atom stereocenters. The number of fused-ring (bicyclic) bond motifs is 3. The fourth-order valence-electron chi connectivity index (χ4n) is 2.90. The molecule has 0 aliphatic rings. The van der Waals surface area contributed by atoms with Crippen LogP contribution in [0.15, 0.2) is 61.2 Å². The van der Waals surface area contributed by atoms with Gasteiger partial charge in [-0.2, -0.15) is 0 Å². The van der Waals surface area contributed by atoms with Gasteiger partial charge >= 0.3 is 5.97 Å². The van der Waals surface area contributed by atoms with Crippen LogP contribution in [0, 0.1) is 0 Å². The average molecular weight is 320 g/mol. The summed E-state index contributed by atoms with van der Waals surface area (Å²) in [6.45, 7) is 4.19. The summed E-state index contributed by atoms with van der Waals surface area (Å²) < 4.78 is 10.3. The zero-order chi connectivity index (χ0) is 16.9. The van der Waals surface area contributed by atoms with Crippen LogP contribution in [0.3, 0.4) is 0 Å². The van der Waals surface area contributed by atoms with Gasteiger partial charge in [-0.25, -0.2) is 4.79 Å². The minimum atomic E-state index is -0.448. The molecule has 0 aliphatic heterocycles. The van der Waals surface area contributed by atoms with Gasteiger partial charge in [0.1, 0.15) is 5.75 Å². The Morgan fingerprint density at radius 3 is 2.46 bits per heavy atom. The molecule has 3 nitrogen and oxygen atoms in total. The Bertz CT molecular complexity index is 896. The highest BCUT2D eigenvalue weighted by atomic mass is 16.5. The van der Waals surface area contributed by atoms with E-state index in [1.165, 1.54) is 16.3 Å². The Morgan fingerprint density at radius 2 is 1.75 bits per heavy atom. The molecule has 0 aromatic heterocycles. The highest BCUT2D eigenvalue weighted by molar-refractivity contribution is 6.08. The van der Waals surface area contributed by atoms with Crippen molar-refractivity contribution in [3.63, 3.8) is 0 Å². The van der Waals surface area contributed by atoms with E-state index in [4.69, 9.17) is 9.47 Å². The minimum Gasteiger partial charge on any atom is -0.423 e. The van der Waals surface area contributed by atoms with Gasteiger partial charge in [0, 0.05) is 19.8 Å². The Hall–Kier alpha value is -2.65. The topological polar surface area (TPSA) is 35.5 Å². The molecule has 0 radical (unpaired) electrons. The van der Waals surface area contributed by atoms with E-state index in [9.17, 15) is 4.79 Å². The van der Waals surface area contributed by atoms with Crippen LogP contribution < -0.4 is 4.74 Å². The number of esters is 1. The standard InChI is InChI=1S/C21H20O3/c1-3-21(22)24-18-9-11-20-17(14-18)8-7-16-13-15(5-4-12-23-2)6-10-19(16)20/h3,6-11,13-14H,1,4-5,12H2,2H3. The number of methoxy groups -OCH3 is 1. The first-order chi connectivity index (χ1) is 11.7. The monoisotopic (exact) mass is 320 g/mol. The second kappa shape index (κ2) is 7.28. The molecule has 0 saturated heterocycles. The lowest BCUT2D eigenvalue weighted by Gasteiger charge is -2.08. The van der Waals surface area contributed by atoms with Crippen molar-refractivity contribution >= 4 is 27.5 Å². The maximum absolute atomic E-state index is 11.3. The van der Waals surface area contributed by atoms with E-state index in [1.54, 1.807) is 7.11 Å². The maximum atomic E-state index is 11.3. The lowest BCUT2D eigenvalue weighted by atomic mass is 9.98. The molecule has 24 heavy (non-hydrogen) atoms. The van der Waals surface area contributed by atoms with E-state index < -0.39 is 5.97 Å². The normalized spacial score (nSPS) is 10.9. The summed E-state index contributed by atoms with van der Waals surface area (Å²) in [5, 5.41) is 4.61. The van der Waals surface area contributed by atoms with Crippen LogP contribution in [0.1, 0.15) is 12.0 Å². The van der Waals surface area contributed by atoms with Crippen molar-refractivity contribution in [2.75, 3.05) is 13.7 Å². The molecule has 0 heterocycles. The quantitative estimate of drug-likeness (QED) is 0.218. The van der Waals surface area contributed by atoms with Crippen LogP contribution in [0.2, 0.25) is 0 Å². The first kappa shape index (κ1) is 16.2. The molecule has 0 bridgehead atoms. The fraction of sp³-hybridized carbons (Fsp3) is 0.190. The molecule has 3 aromatic rings. The van der Waals surface area contributed by atoms with Crippen LogP contribution in [0.5, 0.6) is 5.75 Å². The number of aryl methyl sites for hydroxylation is 1. The number of hydrogen-bond donors (Lipinski definition) is 0. The fourth-order valence-corrected chi connectivity index (χ4v) is 2.90. The van der Waals surface area contributed by atoms with Gasteiger partial charge < -0.3 is 9.47 Å². The average Bonchev–Trinajstić information content (AvgIpc) is 2.61. The number of hydrogen-bond acceptors (Lipinski definition) is 3. The summed E-state index contributed by atoms with van der Waals surface area (Å²) in [5.74, 6) is 0.0822. The van der Waals surface area contributed by atoms with Crippen molar-refractivity contribution < 1.29 is 14.3 Å². The summed E-state index contributed by atoms with van der Waals surface area (Å²) in [5.41, 5.74) is 1.32. The molecule has 3 heteroatoms. The van der Waals surface area contributed by atoms with Crippen molar-refractivity contribution in [2.24, 2.45) is 0 Å². The van der Waals surface area contributed by atoms with E-state index in [0.29, 0.717) is 5.75 Å². The third-order valence-corrected chi connectivity index (χ3v) is 4.07. The molecular weight excluding hydrogens is 300 g/mol. The first-order valence-corrected chi connectivity index (χ1v) is 8.00. The zero-order valence-electron chi connectivity index (χ0n) is 13.7. The van der Waals surface area contributed by atoms with Crippen molar-refractivity contribution in [2.45, 2.75) is 12.8 Å². The first-order valence-electron chi connectivity index (χ1n) is 8.00. The van der Waals surface area contributed by atoms with E-state index in [2.05, 4.69) is 36.9 Å². The van der Waals surface area contributed by atoms with Gasteiger partial charge in [0.15, 0.2) is 0 Å². The van der Waals surface area contributed by atoms with E-state index in [0.717, 1.165) is 36.3 Å². The zero-order valence-corrected chi connectivity index (χ0v) is 13.7. The van der Waals surface area contributed by atoms with Crippen LogP contribution in [0.25, 0.3) is 21.5 Å². The Balaban J connectivity index is 1.95. The SMILES string of the molecule is C=CC(=O)Oc1ccc2c(ccc3cc(CCCOC)ccc32)c1. The highest BCUT2D eigenvalue weighted by Gasteiger charge is 2.05. The van der Waals surface area contributed by atoms with Crippen molar-refractivity contribution in [3.8, 4) is 5.75 Å². The largest absolute Gasteiger partial charge is 0.423 e. The van der Waals surface area contributed by atoms with Crippen molar-refractivity contribution in [3.05, 3.63) is 66.7 Å². The van der Waals surface area contributed by atoms with E-state index >= 15 is 0 Å². The summed E-state index contributed by atoms with van der Waals surface area (Å²) in [4.78, 5) is 11.3. The number of benzene rings is 3. The van der Waals surface area contributed by atoms with E-state index in [1.807, 2.05) is 18.2 Å². The second-order valence-electron chi connectivity index (χ2n) is 5.73. The van der Waals surface area contributed by atoms with Crippen LogP contribution in [-0.2, 0) is 16.0 Å². The molecule has 0 fully saturated rings.